The summed E-state index contributed by atoms with van der Waals surface area (Å²) in [6.07, 6.45) is -1.15. The fraction of sp³-hybridized carbons (Fsp3) is 0.723. The molecule has 0 bridgehead atoms. The Morgan fingerprint density at radius 2 is 1.46 bits per heavy atom. The van der Waals surface area contributed by atoms with Gasteiger partial charge in [0, 0.05) is 13.0 Å². The third-order valence-electron chi connectivity index (χ3n) is 14.2. The number of aromatic nitrogens is 1. The average molecular weight is 937 g/mol. The number of ether oxygens (including phenoxy) is 3. The lowest BCUT2D eigenvalue weighted by Gasteiger charge is -2.47. The Morgan fingerprint density at radius 3 is 1.98 bits per heavy atom. The summed E-state index contributed by atoms with van der Waals surface area (Å²) < 4.78 is 71.3. The quantitative estimate of drug-likeness (QED) is 0.0812. The van der Waals surface area contributed by atoms with Gasteiger partial charge in [-0.1, -0.05) is 114 Å². The molecular formula is C47H81NO8S2Si3. The molecule has 2 heterocycles. The molecule has 2 aromatic carbocycles. The summed E-state index contributed by atoms with van der Waals surface area (Å²) in [6.45, 7) is 35.6. The summed E-state index contributed by atoms with van der Waals surface area (Å²) in [5, 5.41) is -0.0514. The molecule has 1 fully saturated rings. The minimum Gasteiger partial charge on any atom is -0.497 e. The largest absolute Gasteiger partial charge is 0.497 e. The molecule has 6 atom stereocenters. The highest BCUT2D eigenvalue weighted by atomic mass is 32.2. The maximum absolute atomic E-state index is 14.3. The summed E-state index contributed by atoms with van der Waals surface area (Å²) in [5.41, 5.74) is 3.11. The van der Waals surface area contributed by atoms with Crippen molar-refractivity contribution in [1.29, 1.82) is 0 Å². The lowest BCUT2D eigenvalue weighted by molar-refractivity contribution is -0.0899. The van der Waals surface area contributed by atoms with Gasteiger partial charge in [0.15, 0.2) is 25.0 Å². The number of benzene rings is 2. The standard InChI is InChI=1S/C47H81NO8S2Si3/c1-17-60(18-2,19-3)56-45(44(55-59(15,16)47(11,12)13)36(10)28-29-53-61(33(4)5,34(6)7)35(8)9)41-30-40(52-31-37-24-26-38(51-14)27-25-37)42(54-41)32-58(49,50)46-48-39-22-20-21-23-43(39)57-46/h20-27,33-36,40-42,44-45H,17-19,28-32H2,1-16H3/t36-,40-,41+,42-,44-,45-/m1/s1. The van der Waals surface area contributed by atoms with Gasteiger partial charge < -0.3 is 27.5 Å². The Bertz CT molecular complexity index is 1850. The summed E-state index contributed by atoms with van der Waals surface area (Å²) in [6, 6.07) is 18.2. The van der Waals surface area contributed by atoms with Gasteiger partial charge in [-0.3, -0.25) is 0 Å². The van der Waals surface area contributed by atoms with Crippen LogP contribution >= 0.6 is 11.3 Å². The van der Waals surface area contributed by atoms with E-state index in [-0.39, 0.29) is 27.2 Å². The third kappa shape index (κ3) is 12.5. The maximum Gasteiger partial charge on any atom is 0.210 e. The van der Waals surface area contributed by atoms with Gasteiger partial charge in [0.1, 0.15) is 5.75 Å². The second kappa shape index (κ2) is 21.7. The Labute approximate surface area is 377 Å². The molecule has 0 saturated carbocycles. The summed E-state index contributed by atoms with van der Waals surface area (Å²) >= 11 is 1.21. The van der Waals surface area contributed by atoms with Crippen LogP contribution in [-0.2, 0) is 39.2 Å². The summed E-state index contributed by atoms with van der Waals surface area (Å²) in [4.78, 5) is 4.57. The van der Waals surface area contributed by atoms with Crippen molar-refractivity contribution in [3.8, 4) is 5.75 Å². The van der Waals surface area contributed by atoms with E-state index < -0.39 is 59.2 Å². The first-order valence-electron chi connectivity index (χ1n) is 23.0. The highest BCUT2D eigenvalue weighted by Crippen LogP contribution is 2.45. The van der Waals surface area contributed by atoms with E-state index in [4.69, 9.17) is 27.5 Å². The monoisotopic (exact) mass is 935 g/mol. The molecule has 0 unspecified atom stereocenters. The number of methoxy groups -OCH3 is 1. The van der Waals surface area contributed by atoms with E-state index in [0.29, 0.717) is 41.8 Å². The van der Waals surface area contributed by atoms with E-state index in [9.17, 15) is 8.42 Å². The van der Waals surface area contributed by atoms with E-state index in [2.05, 4.69) is 108 Å². The van der Waals surface area contributed by atoms with Crippen molar-refractivity contribution in [3.63, 3.8) is 0 Å². The van der Waals surface area contributed by atoms with Crippen LogP contribution < -0.4 is 4.74 Å². The van der Waals surface area contributed by atoms with Gasteiger partial charge in [-0.25, -0.2) is 13.4 Å². The molecule has 346 valence electrons. The van der Waals surface area contributed by atoms with E-state index >= 15 is 0 Å². The first kappa shape index (κ1) is 52.2. The van der Waals surface area contributed by atoms with E-state index in [1.807, 2.05) is 48.5 Å². The van der Waals surface area contributed by atoms with Crippen LogP contribution in [0.1, 0.15) is 108 Å². The molecule has 0 radical (unpaired) electrons. The molecule has 1 aliphatic heterocycles. The molecule has 9 nitrogen and oxygen atoms in total. The molecule has 4 rings (SSSR count). The number of para-hydroxylation sites is 1. The van der Waals surface area contributed by atoms with Crippen molar-refractivity contribution >= 4 is 56.3 Å². The van der Waals surface area contributed by atoms with Gasteiger partial charge in [-0.05, 0) is 95.1 Å². The molecule has 1 saturated heterocycles. The van der Waals surface area contributed by atoms with Crippen LogP contribution in [-0.4, -0.2) is 88.3 Å². The maximum atomic E-state index is 14.3. The van der Waals surface area contributed by atoms with Crippen LogP contribution in [0.3, 0.4) is 0 Å². The minimum atomic E-state index is -3.84. The molecule has 61 heavy (non-hydrogen) atoms. The first-order valence-corrected chi connectivity index (χ1v) is 33.0. The van der Waals surface area contributed by atoms with Crippen LogP contribution in [0.25, 0.3) is 10.2 Å². The smallest absolute Gasteiger partial charge is 0.210 e. The fourth-order valence-corrected chi connectivity index (χ4v) is 21.8. The predicted octanol–water partition coefficient (Wildman–Crippen LogP) is 12.8. The second-order valence-corrected chi connectivity index (χ2v) is 38.2. The molecule has 1 aromatic heterocycles. The topological polar surface area (TPSA) is 102 Å². The lowest BCUT2D eigenvalue weighted by atomic mass is 9.92. The van der Waals surface area contributed by atoms with Gasteiger partial charge in [0.25, 0.3) is 0 Å². The molecule has 1 aliphatic rings. The van der Waals surface area contributed by atoms with Gasteiger partial charge in [-0.15, -0.1) is 11.3 Å². The number of hydrogen-bond donors (Lipinski definition) is 0. The molecule has 3 aromatic rings. The molecule has 0 spiro atoms. The second-order valence-electron chi connectivity index (χ2n) is 20.0. The zero-order valence-corrected chi connectivity index (χ0v) is 45.1. The highest BCUT2D eigenvalue weighted by molar-refractivity contribution is 7.93. The zero-order valence-electron chi connectivity index (χ0n) is 40.5. The van der Waals surface area contributed by atoms with Crippen molar-refractivity contribution in [3.05, 3.63) is 54.1 Å². The van der Waals surface area contributed by atoms with Crippen molar-refractivity contribution in [2.75, 3.05) is 19.5 Å². The van der Waals surface area contributed by atoms with Crippen molar-refractivity contribution in [2.45, 2.75) is 197 Å². The van der Waals surface area contributed by atoms with Crippen molar-refractivity contribution in [1.82, 2.24) is 4.98 Å². The Morgan fingerprint density at radius 1 is 0.869 bits per heavy atom. The SMILES string of the molecule is CC[Si](CC)(CC)O[C@@H]([C@H](O[Si](C)(C)C(C)(C)C)[C@H](C)CCO[Si](C(C)C)(C(C)C)C(C)C)[C@@H]1C[C@@H](OCc2ccc(OC)cc2)[C@@H](CS(=O)(=O)c2nc3ccccc3s2)O1. The lowest BCUT2D eigenvalue weighted by Crippen LogP contribution is -2.56. The molecule has 0 N–H and O–H groups in total. The first-order chi connectivity index (χ1) is 28.5. The predicted molar refractivity (Wildman–Crippen MR) is 261 cm³/mol. The van der Waals surface area contributed by atoms with Crippen LogP contribution in [0.2, 0.25) is 52.9 Å². The molecule has 14 heteroatoms. The number of fused-ring (bicyclic) bond motifs is 1. The Hall–Kier alpha value is -1.47. The normalized spacial score (nSPS) is 20.0. The minimum absolute atomic E-state index is 0.0514. The van der Waals surface area contributed by atoms with Crippen LogP contribution in [0.4, 0.5) is 0 Å². The summed E-state index contributed by atoms with van der Waals surface area (Å²) in [5.74, 6) is 0.591. The van der Waals surface area contributed by atoms with Crippen molar-refractivity contribution < 1.29 is 35.9 Å². The summed E-state index contributed by atoms with van der Waals surface area (Å²) in [7, 11) is -8.95. The van der Waals surface area contributed by atoms with Crippen molar-refractivity contribution in [2.24, 2.45) is 5.92 Å². The fourth-order valence-electron chi connectivity index (χ4n) is 9.23. The number of sulfone groups is 1. The number of hydrogen-bond acceptors (Lipinski definition) is 10. The van der Waals surface area contributed by atoms with Gasteiger partial charge in [-0.2, -0.15) is 0 Å². The average Bonchev–Trinajstić information content (AvgIpc) is 3.82. The van der Waals surface area contributed by atoms with Crippen LogP contribution in [0.15, 0.2) is 52.9 Å². The highest BCUT2D eigenvalue weighted by Gasteiger charge is 2.52. The van der Waals surface area contributed by atoms with Crippen LogP contribution in [0.5, 0.6) is 5.75 Å². The van der Waals surface area contributed by atoms with Gasteiger partial charge in [0.2, 0.25) is 14.2 Å². The number of rotatable bonds is 24. The zero-order chi connectivity index (χ0) is 45.6. The van der Waals surface area contributed by atoms with Gasteiger partial charge >= 0.3 is 0 Å². The molecule has 0 aliphatic carbocycles. The van der Waals surface area contributed by atoms with E-state index in [1.54, 1.807) is 7.11 Å². The number of nitrogens with zero attached hydrogens (tertiary/aromatic N) is 1. The van der Waals surface area contributed by atoms with E-state index in [1.165, 1.54) is 11.3 Å². The molecule has 0 amide bonds. The Kier molecular flexibility index (Phi) is 18.5. The molecular weight excluding hydrogens is 855 g/mol. The van der Waals surface area contributed by atoms with E-state index in [0.717, 1.165) is 40.6 Å². The third-order valence-corrected chi connectivity index (χ3v) is 32.7. The Balaban J connectivity index is 1.79. The van der Waals surface area contributed by atoms with Gasteiger partial charge in [0.05, 0.1) is 60.2 Å². The van der Waals surface area contributed by atoms with Crippen LogP contribution in [0, 0.1) is 5.92 Å². The number of thiazole rings is 1.